The van der Waals surface area contributed by atoms with Gasteiger partial charge in [0, 0.05) is 18.2 Å². The number of nitrogens with zero attached hydrogens (tertiary/aromatic N) is 3. The molecule has 4 nitrogen and oxygen atoms in total. The molecular formula is C26H23ClFN3O. The summed E-state index contributed by atoms with van der Waals surface area (Å²) in [6.45, 7) is 2.14. The number of rotatable bonds is 6. The highest BCUT2D eigenvalue weighted by Crippen LogP contribution is 2.33. The van der Waals surface area contributed by atoms with E-state index in [2.05, 4.69) is 11.1 Å². The van der Waals surface area contributed by atoms with Crippen molar-refractivity contribution >= 4 is 12.4 Å². The van der Waals surface area contributed by atoms with Gasteiger partial charge in [0.2, 0.25) is 0 Å². The average molecular weight is 448 g/mol. The first-order valence-electron chi connectivity index (χ1n) is 9.99. The molecule has 4 aromatic rings. The van der Waals surface area contributed by atoms with Crippen LogP contribution in [-0.4, -0.2) is 9.55 Å². The first-order valence-corrected chi connectivity index (χ1v) is 9.99. The summed E-state index contributed by atoms with van der Waals surface area (Å²) in [4.78, 5) is 4.23. The maximum atomic E-state index is 14.2. The number of hydrogen-bond acceptors (Lipinski definition) is 3. The Hall–Kier alpha value is -3.46. The lowest BCUT2D eigenvalue weighted by molar-refractivity contribution is 0.0604. The van der Waals surface area contributed by atoms with E-state index in [0.717, 1.165) is 27.9 Å². The Balaban J connectivity index is 0.00000289. The molecule has 0 radical (unpaired) electrons. The predicted molar refractivity (Wildman–Crippen MR) is 125 cm³/mol. The van der Waals surface area contributed by atoms with Crippen LogP contribution < -0.4 is 0 Å². The van der Waals surface area contributed by atoms with E-state index in [-0.39, 0.29) is 24.8 Å². The lowest BCUT2D eigenvalue weighted by atomic mass is 9.93. The first kappa shape index (κ1) is 23.2. The highest BCUT2D eigenvalue weighted by molar-refractivity contribution is 5.85. The van der Waals surface area contributed by atoms with Gasteiger partial charge in [-0.25, -0.2) is 9.37 Å². The van der Waals surface area contributed by atoms with Crippen LogP contribution in [0.5, 0.6) is 0 Å². The van der Waals surface area contributed by atoms with Gasteiger partial charge in [-0.05, 0) is 41.8 Å². The Labute approximate surface area is 193 Å². The summed E-state index contributed by atoms with van der Waals surface area (Å²) < 4.78 is 22.3. The highest BCUT2D eigenvalue weighted by Gasteiger charge is 2.21. The smallest absolute Gasteiger partial charge is 0.128 e. The van der Waals surface area contributed by atoms with Crippen LogP contribution in [0.15, 0.2) is 79.3 Å². The van der Waals surface area contributed by atoms with E-state index in [1.807, 2.05) is 61.0 Å². The maximum absolute atomic E-state index is 14.2. The van der Waals surface area contributed by atoms with Crippen LogP contribution in [0.4, 0.5) is 4.39 Å². The second kappa shape index (κ2) is 10.2. The van der Waals surface area contributed by atoms with Crippen molar-refractivity contribution in [1.82, 2.24) is 9.55 Å². The summed E-state index contributed by atoms with van der Waals surface area (Å²) in [5.74, 6) is -0.299. The minimum absolute atomic E-state index is 0. The van der Waals surface area contributed by atoms with Crippen molar-refractivity contribution < 1.29 is 9.13 Å². The zero-order chi connectivity index (χ0) is 21.8. The Morgan fingerprint density at radius 1 is 1.06 bits per heavy atom. The SMILES string of the molecule is Cc1ccccc1-c1cc(C(OCc2ccccc2F)c2cncn2C)ccc1C#N.Cl. The summed E-state index contributed by atoms with van der Waals surface area (Å²) in [7, 11) is 1.90. The lowest BCUT2D eigenvalue weighted by Gasteiger charge is -2.21. The third kappa shape index (κ3) is 4.72. The van der Waals surface area contributed by atoms with Crippen molar-refractivity contribution in [2.24, 2.45) is 7.05 Å². The van der Waals surface area contributed by atoms with Crippen molar-refractivity contribution in [2.45, 2.75) is 19.6 Å². The molecule has 3 aromatic carbocycles. The maximum Gasteiger partial charge on any atom is 0.128 e. The average Bonchev–Trinajstić information content (AvgIpc) is 3.21. The quantitative estimate of drug-likeness (QED) is 0.357. The van der Waals surface area contributed by atoms with E-state index in [0.29, 0.717) is 11.1 Å². The molecule has 162 valence electrons. The molecule has 0 spiro atoms. The molecule has 6 heteroatoms. The van der Waals surface area contributed by atoms with E-state index < -0.39 is 6.10 Å². The van der Waals surface area contributed by atoms with Crippen LogP contribution in [0.25, 0.3) is 11.1 Å². The minimum atomic E-state index is -0.470. The van der Waals surface area contributed by atoms with E-state index in [1.165, 1.54) is 6.07 Å². The van der Waals surface area contributed by atoms with Gasteiger partial charge < -0.3 is 9.30 Å². The Morgan fingerprint density at radius 2 is 1.81 bits per heavy atom. The van der Waals surface area contributed by atoms with Gasteiger partial charge in [-0.1, -0.05) is 48.5 Å². The molecule has 1 atom stereocenters. The topological polar surface area (TPSA) is 50.8 Å². The predicted octanol–water partition coefficient (Wildman–Crippen LogP) is 6.13. The fourth-order valence-electron chi connectivity index (χ4n) is 3.68. The van der Waals surface area contributed by atoms with Crippen molar-refractivity contribution in [1.29, 1.82) is 5.26 Å². The summed E-state index contributed by atoms with van der Waals surface area (Å²) in [5, 5.41) is 9.67. The first-order chi connectivity index (χ1) is 15.1. The number of aromatic nitrogens is 2. The number of imidazole rings is 1. The summed E-state index contributed by atoms with van der Waals surface area (Å²) in [5.41, 5.74) is 5.73. The van der Waals surface area contributed by atoms with Gasteiger partial charge in [0.25, 0.3) is 0 Å². The zero-order valence-electron chi connectivity index (χ0n) is 17.8. The van der Waals surface area contributed by atoms with E-state index in [4.69, 9.17) is 4.74 Å². The van der Waals surface area contributed by atoms with Gasteiger partial charge in [0.15, 0.2) is 0 Å². The second-order valence-corrected chi connectivity index (χ2v) is 7.44. The number of aryl methyl sites for hydroxylation is 2. The molecule has 0 bridgehead atoms. The van der Waals surface area contributed by atoms with E-state index in [9.17, 15) is 9.65 Å². The molecule has 0 fully saturated rings. The molecule has 0 N–H and O–H groups in total. The second-order valence-electron chi connectivity index (χ2n) is 7.44. The zero-order valence-corrected chi connectivity index (χ0v) is 18.6. The Bertz CT molecular complexity index is 1260. The van der Waals surface area contributed by atoms with E-state index >= 15 is 0 Å². The molecule has 0 aliphatic heterocycles. The van der Waals surface area contributed by atoms with Gasteiger partial charge in [0.05, 0.1) is 36.5 Å². The van der Waals surface area contributed by atoms with Gasteiger partial charge in [0.1, 0.15) is 11.9 Å². The summed E-state index contributed by atoms with van der Waals surface area (Å²) in [6.07, 6.45) is 2.99. The van der Waals surface area contributed by atoms with Crippen LogP contribution in [0.2, 0.25) is 0 Å². The van der Waals surface area contributed by atoms with E-state index in [1.54, 1.807) is 30.7 Å². The largest absolute Gasteiger partial charge is 0.362 e. The van der Waals surface area contributed by atoms with Crippen molar-refractivity contribution in [3.63, 3.8) is 0 Å². The number of benzene rings is 3. The molecule has 1 unspecified atom stereocenters. The van der Waals surface area contributed by atoms with Crippen molar-refractivity contribution in [2.75, 3.05) is 0 Å². The normalized spacial score (nSPS) is 11.4. The molecule has 1 aromatic heterocycles. The molecule has 0 saturated carbocycles. The minimum Gasteiger partial charge on any atom is -0.362 e. The molecule has 32 heavy (non-hydrogen) atoms. The van der Waals surface area contributed by atoms with Crippen LogP contribution >= 0.6 is 12.4 Å². The molecule has 0 aliphatic carbocycles. The van der Waals surface area contributed by atoms with Crippen LogP contribution in [0.3, 0.4) is 0 Å². The fraction of sp³-hybridized carbons (Fsp3) is 0.154. The Kier molecular flexibility index (Phi) is 7.42. The summed E-state index contributed by atoms with van der Waals surface area (Å²) >= 11 is 0. The van der Waals surface area contributed by atoms with Gasteiger partial charge in [-0.2, -0.15) is 5.26 Å². The lowest BCUT2D eigenvalue weighted by Crippen LogP contribution is -2.11. The molecule has 0 saturated heterocycles. The number of hydrogen-bond donors (Lipinski definition) is 0. The number of halogens is 2. The van der Waals surface area contributed by atoms with Crippen LogP contribution in [-0.2, 0) is 18.4 Å². The number of nitriles is 1. The van der Waals surface area contributed by atoms with Crippen molar-refractivity contribution in [3.8, 4) is 17.2 Å². The standard InChI is InChI=1S/C26H22FN3O.ClH/c1-18-7-3-5-9-22(18)23-13-19(11-12-20(23)14-28)26(25-15-29-17-30(25)2)31-16-21-8-4-6-10-24(21)27;/h3-13,15,17,26H,16H2,1-2H3;1H. The fourth-order valence-corrected chi connectivity index (χ4v) is 3.68. The van der Waals surface area contributed by atoms with Crippen LogP contribution in [0.1, 0.15) is 34.1 Å². The molecular weight excluding hydrogens is 425 g/mol. The molecule has 0 amide bonds. The third-order valence-electron chi connectivity index (χ3n) is 5.39. The Morgan fingerprint density at radius 3 is 2.50 bits per heavy atom. The number of ether oxygens (including phenoxy) is 1. The molecule has 0 aliphatic rings. The molecule has 4 rings (SSSR count). The highest BCUT2D eigenvalue weighted by atomic mass is 35.5. The van der Waals surface area contributed by atoms with Gasteiger partial charge >= 0.3 is 0 Å². The van der Waals surface area contributed by atoms with Gasteiger partial charge in [-0.3, -0.25) is 0 Å². The monoisotopic (exact) mass is 447 g/mol. The summed E-state index contributed by atoms with van der Waals surface area (Å²) in [6, 6.07) is 22.5. The van der Waals surface area contributed by atoms with Crippen molar-refractivity contribution in [3.05, 3.63) is 113 Å². The van der Waals surface area contributed by atoms with Gasteiger partial charge in [-0.15, -0.1) is 12.4 Å². The molecule has 1 heterocycles. The third-order valence-corrected chi connectivity index (χ3v) is 5.39. The van der Waals surface area contributed by atoms with Crippen LogP contribution in [0, 0.1) is 24.1 Å².